The molecule has 5 rings (SSSR count). The van der Waals surface area contributed by atoms with Gasteiger partial charge in [0.15, 0.2) is 0 Å². The lowest BCUT2D eigenvalue weighted by atomic mass is 9.66. The number of hydrogen-bond acceptors (Lipinski definition) is 2. The van der Waals surface area contributed by atoms with Crippen LogP contribution in [0.15, 0.2) is 24.3 Å². The van der Waals surface area contributed by atoms with Crippen LogP contribution in [0.1, 0.15) is 43.5 Å². The molecule has 0 spiro atoms. The smallest absolute Gasteiger partial charge is 0.136 e. The van der Waals surface area contributed by atoms with E-state index in [-0.39, 0.29) is 5.92 Å². The summed E-state index contributed by atoms with van der Waals surface area (Å²) in [4.78, 5) is 18.6. The zero-order valence-electron chi connectivity index (χ0n) is 13.7. The first-order chi connectivity index (χ1) is 11.2. The van der Waals surface area contributed by atoms with Crippen molar-refractivity contribution in [1.82, 2.24) is 9.88 Å². The third-order valence-electron chi connectivity index (χ3n) is 6.75. The van der Waals surface area contributed by atoms with E-state index in [2.05, 4.69) is 41.1 Å². The third kappa shape index (κ3) is 1.96. The first-order valence-electron chi connectivity index (χ1n) is 9.08. The van der Waals surface area contributed by atoms with E-state index >= 15 is 0 Å². The molecule has 1 saturated carbocycles. The number of carbonyl (C=O) groups excluding carboxylic acids is 1. The summed E-state index contributed by atoms with van der Waals surface area (Å²) in [6.45, 7) is 4.52. The number of nitrogens with zero attached hydrogens (tertiary/aromatic N) is 1. The highest BCUT2D eigenvalue weighted by atomic mass is 16.1. The molecule has 3 nitrogen and oxygen atoms in total. The molecule has 2 fully saturated rings. The summed E-state index contributed by atoms with van der Waals surface area (Å²) < 4.78 is 0. The van der Waals surface area contributed by atoms with Crippen molar-refractivity contribution in [2.45, 2.75) is 38.6 Å². The van der Waals surface area contributed by atoms with E-state index in [1.54, 1.807) is 0 Å². The van der Waals surface area contributed by atoms with Gasteiger partial charge in [-0.1, -0.05) is 25.1 Å². The Bertz CT molecular complexity index is 777. The van der Waals surface area contributed by atoms with Crippen molar-refractivity contribution < 1.29 is 4.79 Å². The molecule has 3 heterocycles. The summed E-state index contributed by atoms with van der Waals surface area (Å²) in [6.07, 6.45) is 4.22. The van der Waals surface area contributed by atoms with E-state index in [1.807, 2.05) is 0 Å². The van der Waals surface area contributed by atoms with Crippen molar-refractivity contribution in [2.24, 2.45) is 17.8 Å². The van der Waals surface area contributed by atoms with E-state index in [9.17, 15) is 4.79 Å². The Balaban J connectivity index is 1.55. The van der Waals surface area contributed by atoms with Gasteiger partial charge in [-0.25, -0.2) is 0 Å². The van der Waals surface area contributed by atoms with Crippen molar-refractivity contribution in [2.75, 3.05) is 13.1 Å². The van der Waals surface area contributed by atoms with Crippen molar-refractivity contribution in [3.05, 3.63) is 35.5 Å². The van der Waals surface area contributed by atoms with Gasteiger partial charge in [0, 0.05) is 42.0 Å². The number of hydrogen-bond donors (Lipinski definition) is 1. The molecule has 1 aliphatic carbocycles. The Morgan fingerprint density at radius 3 is 3.00 bits per heavy atom. The van der Waals surface area contributed by atoms with E-state index in [0.29, 0.717) is 17.7 Å². The largest absolute Gasteiger partial charge is 0.357 e. The van der Waals surface area contributed by atoms with Gasteiger partial charge in [-0.05, 0) is 42.7 Å². The van der Waals surface area contributed by atoms with E-state index in [4.69, 9.17) is 0 Å². The molecule has 3 aliphatic rings. The highest BCUT2D eigenvalue weighted by Gasteiger charge is 2.45. The highest BCUT2D eigenvalue weighted by molar-refractivity contribution is 5.85. The second-order valence-electron chi connectivity index (χ2n) is 7.78. The Hall–Kier alpha value is -1.61. The minimum Gasteiger partial charge on any atom is -0.357 e. The predicted octanol–water partition coefficient (Wildman–Crippen LogP) is 3.70. The van der Waals surface area contributed by atoms with Gasteiger partial charge in [-0.2, -0.15) is 0 Å². The topological polar surface area (TPSA) is 36.1 Å². The van der Waals surface area contributed by atoms with Gasteiger partial charge in [0.2, 0.25) is 0 Å². The van der Waals surface area contributed by atoms with Crippen LogP contribution >= 0.6 is 0 Å². The molecule has 2 aromatic rings. The van der Waals surface area contributed by atoms with Crippen LogP contribution in [0, 0.1) is 17.8 Å². The predicted molar refractivity (Wildman–Crippen MR) is 91.3 cm³/mol. The number of ketones is 1. The van der Waals surface area contributed by atoms with Crippen LogP contribution in [-0.2, 0) is 11.2 Å². The molecular weight excluding hydrogens is 284 g/mol. The van der Waals surface area contributed by atoms with Gasteiger partial charge in [0.05, 0.1) is 6.04 Å². The molecule has 23 heavy (non-hydrogen) atoms. The maximum absolute atomic E-state index is 12.2. The number of Topliss-reactive ketones (excluding diaryl/α,β-unsaturated/α-hetero) is 1. The number of benzene rings is 1. The third-order valence-corrected chi connectivity index (χ3v) is 6.75. The monoisotopic (exact) mass is 308 g/mol. The molecule has 0 unspecified atom stereocenters. The molecule has 1 saturated heterocycles. The molecule has 3 heteroatoms. The number of aromatic amines is 1. The van der Waals surface area contributed by atoms with Gasteiger partial charge in [-0.15, -0.1) is 0 Å². The fraction of sp³-hybridized carbons (Fsp3) is 0.550. The number of rotatable bonds is 0. The summed E-state index contributed by atoms with van der Waals surface area (Å²) in [5.74, 6) is 2.05. The van der Waals surface area contributed by atoms with Gasteiger partial charge in [-0.3, -0.25) is 9.69 Å². The van der Waals surface area contributed by atoms with Gasteiger partial charge in [0.25, 0.3) is 0 Å². The molecule has 4 atom stereocenters. The Morgan fingerprint density at radius 1 is 1.22 bits per heavy atom. The van der Waals surface area contributed by atoms with Crippen LogP contribution in [0.25, 0.3) is 10.9 Å². The maximum atomic E-state index is 12.2. The quantitative estimate of drug-likeness (QED) is 0.805. The molecule has 1 aromatic heterocycles. The molecule has 0 radical (unpaired) electrons. The van der Waals surface area contributed by atoms with E-state index in [0.717, 1.165) is 31.6 Å². The molecule has 120 valence electrons. The molecule has 1 aromatic carbocycles. The van der Waals surface area contributed by atoms with Crippen LogP contribution in [0.5, 0.6) is 0 Å². The fourth-order valence-corrected chi connectivity index (χ4v) is 5.45. The molecule has 1 N–H and O–H groups in total. The number of H-pyrrole nitrogens is 1. The summed E-state index contributed by atoms with van der Waals surface area (Å²) in [6, 6.07) is 9.18. The number of nitrogens with one attached hydrogen (secondary N) is 1. The zero-order valence-corrected chi connectivity index (χ0v) is 13.7. The Labute approximate surface area is 137 Å². The van der Waals surface area contributed by atoms with Crippen molar-refractivity contribution >= 4 is 16.7 Å². The maximum Gasteiger partial charge on any atom is 0.136 e. The zero-order chi connectivity index (χ0) is 15.6. The average Bonchev–Trinajstić information content (AvgIpc) is 2.96. The molecule has 0 amide bonds. The molecule has 2 aliphatic heterocycles. The lowest BCUT2D eigenvalue weighted by molar-refractivity contribution is -0.130. The van der Waals surface area contributed by atoms with E-state index in [1.165, 1.54) is 35.2 Å². The van der Waals surface area contributed by atoms with Crippen LogP contribution in [-0.4, -0.2) is 28.8 Å². The molecular formula is C20H24N2O. The first kappa shape index (κ1) is 13.8. The van der Waals surface area contributed by atoms with Gasteiger partial charge < -0.3 is 4.98 Å². The highest BCUT2D eigenvalue weighted by Crippen LogP contribution is 2.47. The van der Waals surface area contributed by atoms with Crippen molar-refractivity contribution in [1.29, 1.82) is 0 Å². The fourth-order valence-electron chi connectivity index (χ4n) is 5.45. The average molecular weight is 308 g/mol. The normalized spacial score (nSPS) is 34.0. The second-order valence-corrected chi connectivity index (χ2v) is 7.78. The first-order valence-corrected chi connectivity index (χ1v) is 9.08. The summed E-state index contributed by atoms with van der Waals surface area (Å²) in [7, 11) is 0. The van der Waals surface area contributed by atoms with Gasteiger partial charge in [0.1, 0.15) is 5.78 Å². The van der Waals surface area contributed by atoms with Crippen molar-refractivity contribution in [3.8, 4) is 0 Å². The van der Waals surface area contributed by atoms with Crippen LogP contribution in [0.2, 0.25) is 0 Å². The minimum atomic E-state index is 0.255. The number of carbonyl (C=O) groups is 1. The molecule has 0 bridgehead atoms. The Kier molecular flexibility index (Phi) is 2.96. The second kappa shape index (κ2) is 4.94. The summed E-state index contributed by atoms with van der Waals surface area (Å²) >= 11 is 0. The van der Waals surface area contributed by atoms with Crippen LogP contribution < -0.4 is 0 Å². The lowest BCUT2D eigenvalue weighted by Gasteiger charge is -2.49. The number of piperidine rings is 1. The SMILES string of the molecule is C[C@@H]1C(=O)CC[C@@H]2CN3CCc4c([nH]c5ccccc45)[C@@H]3C[C@@H]21. The lowest BCUT2D eigenvalue weighted by Crippen LogP contribution is -2.50. The minimum absolute atomic E-state index is 0.255. The standard InChI is InChI=1S/C20H24N2O/c1-12-16-10-18-20-15(14-4-2-3-5-17(14)21-20)8-9-22(18)11-13(16)6-7-19(12)23/h2-5,12-13,16,18,21H,6-11H2,1H3/t12-,13+,16+,18-/m0/s1. The van der Waals surface area contributed by atoms with Crippen LogP contribution in [0.4, 0.5) is 0 Å². The number of aromatic nitrogens is 1. The van der Waals surface area contributed by atoms with Crippen molar-refractivity contribution in [3.63, 3.8) is 0 Å². The number of para-hydroxylation sites is 1. The number of fused-ring (bicyclic) bond motifs is 6. The van der Waals surface area contributed by atoms with Crippen LogP contribution in [0.3, 0.4) is 0 Å². The Morgan fingerprint density at radius 2 is 2.09 bits per heavy atom. The summed E-state index contributed by atoms with van der Waals surface area (Å²) in [5.41, 5.74) is 4.23. The van der Waals surface area contributed by atoms with Gasteiger partial charge >= 0.3 is 0 Å². The summed E-state index contributed by atoms with van der Waals surface area (Å²) in [5, 5.41) is 1.40. The van der Waals surface area contributed by atoms with E-state index < -0.39 is 0 Å².